The van der Waals surface area contributed by atoms with Gasteiger partial charge in [0.2, 0.25) is 0 Å². The second-order valence-electron chi connectivity index (χ2n) is 7.63. The molecule has 5 rings (SSSR count). The molecule has 2 aromatic heterocycles. The van der Waals surface area contributed by atoms with Crippen LogP contribution in [0.4, 0.5) is 5.69 Å². The van der Waals surface area contributed by atoms with Crippen LogP contribution in [-0.2, 0) is 0 Å². The van der Waals surface area contributed by atoms with Crippen LogP contribution < -0.4 is 9.64 Å². The molecule has 0 spiro atoms. The van der Waals surface area contributed by atoms with Crippen molar-refractivity contribution in [3.63, 3.8) is 0 Å². The molecule has 4 aromatic rings. The third-order valence-electron chi connectivity index (χ3n) is 5.77. The van der Waals surface area contributed by atoms with E-state index < -0.39 is 0 Å². The van der Waals surface area contributed by atoms with Gasteiger partial charge in [-0.25, -0.2) is 4.98 Å². The van der Waals surface area contributed by atoms with Crippen LogP contribution in [-0.4, -0.2) is 53.5 Å². The second kappa shape index (κ2) is 8.14. The van der Waals surface area contributed by atoms with E-state index in [0.717, 1.165) is 41.3 Å². The number of aromatic nitrogens is 2. The first-order chi connectivity index (χ1) is 15.2. The monoisotopic (exact) mass is 412 g/mol. The Hall–Kier alpha value is -3.80. The maximum atomic E-state index is 13.1. The van der Waals surface area contributed by atoms with Gasteiger partial charge in [0, 0.05) is 38.6 Å². The summed E-state index contributed by atoms with van der Waals surface area (Å²) in [7, 11) is 1.69. The van der Waals surface area contributed by atoms with E-state index in [1.165, 1.54) is 0 Å². The number of benzene rings is 2. The molecule has 1 aliphatic rings. The van der Waals surface area contributed by atoms with Crippen molar-refractivity contribution in [3.05, 3.63) is 84.8 Å². The van der Waals surface area contributed by atoms with Crippen molar-refractivity contribution in [2.24, 2.45) is 0 Å². The molecule has 0 aliphatic carbocycles. The number of pyridine rings is 1. The number of amides is 1. The van der Waals surface area contributed by atoms with E-state index in [-0.39, 0.29) is 5.91 Å². The van der Waals surface area contributed by atoms with Gasteiger partial charge in [-0.15, -0.1) is 0 Å². The van der Waals surface area contributed by atoms with E-state index in [9.17, 15) is 4.79 Å². The van der Waals surface area contributed by atoms with Gasteiger partial charge in [-0.1, -0.05) is 42.5 Å². The van der Waals surface area contributed by atoms with E-state index in [0.29, 0.717) is 18.8 Å². The summed E-state index contributed by atoms with van der Waals surface area (Å²) >= 11 is 0. The Kier molecular flexibility index (Phi) is 5.04. The van der Waals surface area contributed by atoms with Crippen LogP contribution in [0.25, 0.3) is 16.8 Å². The number of carbonyl (C=O) groups is 1. The third kappa shape index (κ3) is 3.72. The highest BCUT2D eigenvalue weighted by atomic mass is 16.5. The molecular weight excluding hydrogens is 388 g/mol. The summed E-state index contributed by atoms with van der Waals surface area (Å²) in [5, 5.41) is 0. The fourth-order valence-corrected chi connectivity index (χ4v) is 4.10. The molecule has 1 aliphatic heterocycles. The third-order valence-corrected chi connectivity index (χ3v) is 5.77. The van der Waals surface area contributed by atoms with Gasteiger partial charge in [-0.2, -0.15) is 0 Å². The molecule has 0 N–H and O–H groups in total. The van der Waals surface area contributed by atoms with Crippen LogP contribution >= 0.6 is 0 Å². The first-order valence-corrected chi connectivity index (χ1v) is 10.4. The Morgan fingerprint density at radius 1 is 0.839 bits per heavy atom. The fourth-order valence-electron chi connectivity index (χ4n) is 4.10. The van der Waals surface area contributed by atoms with E-state index in [1.807, 2.05) is 70.2 Å². The molecule has 6 nitrogen and oxygen atoms in total. The second-order valence-corrected chi connectivity index (χ2v) is 7.63. The lowest BCUT2D eigenvalue weighted by Crippen LogP contribution is -2.49. The van der Waals surface area contributed by atoms with Gasteiger partial charge >= 0.3 is 0 Å². The van der Waals surface area contributed by atoms with Gasteiger partial charge in [0.05, 0.1) is 12.8 Å². The number of methoxy groups -OCH3 is 1. The Bertz CT molecular complexity index is 1210. The predicted molar refractivity (Wildman–Crippen MR) is 122 cm³/mol. The number of piperazine rings is 1. The SMILES string of the molecule is COc1ccccc1N1CCN(C(=O)c2cn3cc(-c4ccccc4)ccc3n2)CC1. The molecule has 31 heavy (non-hydrogen) atoms. The van der Waals surface area contributed by atoms with Gasteiger partial charge in [-0.3, -0.25) is 4.79 Å². The van der Waals surface area contributed by atoms with Crippen molar-refractivity contribution in [1.29, 1.82) is 0 Å². The van der Waals surface area contributed by atoms with Gasteiger partial charge in [0.15, 0.2) is 0 Å². The average Bonchev–Trinajstić information content (AvgIpc) is 3.28. The standard InChI is InChI=1S/C25H24N4O2/c1-31-23-10-6-5-9-22(23)27-13-15-28(16-14-27)25(30)21-18-29-17-20(11-12-24(29)26-21)19-7-3-2-4-8-19/h2-12,17-18H,13-16H2,1H3. The first kappa shape index (κ1) is 19.2. The molecule has 2 aromatic carbocycles. The number of hydrogen-bond acceptors (Lipinski definition) is 4. The largest absolute Gasteiger partial charge is 0.495 e. The lowest BCUT2D eigenvalue weighted by Gasteiger charge is -2.36. The Morgan fingerprint density at radius 2 is 1.58 bits per heavy atom. The number of ether oxygens (including phenoxy) is 1. The molecule has 6 heteroatoms. The molecule has 0 bridgehead atoms. The maximum Gasteiger partial charge on any atom is 0.274 e. The van der Waals surface area contributed by atoms with Crippen LogP contribution in [0.15, 0.2) is 79.1 Å². The highest BCUT2D eigenvalue weighted by molar-refractivity contribution is 5.93. The lowest BCUT2D eigenvalue weighted by molar-refractivity contribution is 0.0741. The van der Waals surface area contributed by atoms with Crippen LogP contribution in [0.2, 0.25) is 0 Å². The Balaban J connectivity index is 1.31. The minimum Gasteiger partial charge on any atom is -0.495 e. The smallest absolute Gasteiger partial charge is 0.274 e. The van der Waals surface area contributed by atoms with Crippen molar-refractivity contribution < 1.29 is 9.53 Å². The Labute approximate surface area is 181 Å². The van der Waals surface area contributed by atoms with Crippen molar-refractivity contribution in [1.82, 2.24) is 14.3 Å². The number of nitrogens with zero attached hydrogens (tertiary/aromatic N) is 4. The summed E-state index contributed by atoms with van der Waals surface area (Å²) in [5.74, 6) is 0.835. The number of hydrogen-bond donors (Lipinski definition) is 0. The summed E-state index contributed by atoms with van der Waals surface area (Å²) in [6, 6.07) is 22.2. The topological polar surface area (TPSA) is 50.1 Å². The summed E-state index contributed by atoms with van der Waals surface area (Å²) in [6.07, 6.45) is 3.85. The average molecular weight is 412 g/mol. The van der Waals surface area contributed by atoms with Gasteiger partial charge in [0.25, 0.3) is 5.91 Å². The summed E-state index contributed by atoms with van der Waals surface area (Å²) in [4.78, 5) is 21.8. The van der Waals surface area contributed by atoms with Crippen molar-refractivity contribution >= 4 is 17.2 Å². The zero-order valence-electron chi connectivity index (χ0n) is 17.4. The summed E-state index contributed by atoms with van der Waals surface area (Å²) in [6.45, 7) is 2.83. The molecule has 1 fully saturated rings. The van der Waals surface area contributed by atoms with Crippen molar-refractivity contribution in [2.75, 3.05) is 38.2 Å². The first-order valence-electron chi connectivity index (χ1n) is 10.4. The lowest BCUT2D eigenvalue weighted by atomic mass is 10.1. The highest BCUT2D eigenvalue weighted by Crippen LogP contribution is 2.28. The molecule has 0 atom stereocenters. The maximum absolute atomic E-state index is 13.1. The number of fused-ring (bicyclic) bond motifs is 1. The number of rotatable bonds is 4. The van der Waals surface area contributed by atoms with Crippen LogP contribution in [0.5, 0.6) is 5.75 Å². The van der Waals surface area contributed by atoms with E-state index in [1.54, 1.807) is 7.11 Å². The molecule has 3 heterocycles. The van der Waals surface area contributed by atoms with Crippen molar-refractivity contribution in [3.8, 4) is 16.9 Å². The number of anilines is 1. The van der Waals surface area contributed by atoms with Crippen molar-refractivity contribution in [2.45, 2.75) is 0 Å². The molecular formula is C25H24N4O2. The minimum absolute atomic E-state index is 0.0235. The highest BCUT2D eigenvalue weighted by Gasteiger charge is 2.25. The van der Waals surface area contributed by atoms with Gasteiger partial charge in [0.1, 0.15) is 17.1 Å². The summed E-state index contributed by atoms with van der Waals surface area (Å²) in [5.41, 5.74) is 4.55. The zero-order chi connectivity index (χ0) is 21.2. The predicted octanol–water partition coefficient (Wildman–Crippen LogP) is 3.97. The van der Waals surface area contributed by atoms with Crippen LogP contribution in [0.3, 0.4) is 0 Å². The number of imidazole rings is 1. The fraction of sp³-hybridized carbons (Fsp3) is 0.200. The minimum atomic E-state index is -0.0235. The van der Waals surface area contributed by atoms with E-state index in [2.05, 4.69) is 28.1 Å². The molecule has 1 amide bonds. The van der Waals surface area contributed by atoms with Gasteiger partial charge < -0.3 is 18.9 Å². The summed E-state index contributed by atoms with van der Waals surface area (Å²) < 4.78 is 7.41. The molecule has 156 valence electrons. The number of para-hydroxylation sites is 2. The quantitative estimate of drug-likeness (QED) is 0.509. The normalized spacial score (nSPS) is 14.1. The molecule has 1 saturated heterocycles. The van der Waals surface area contributed by atoms with Crippen LogP contribution in [0, 0.1) is 0 Å². The molecule has 0 saturated carbocycles. The molecule has 0 unspecified atom stereocenters. The molecule has 0 radical (unpaired) electrons. The number of carbonyl (C=O) groups excluding carboxylic acids is 1. The zero-order valence-corrected chi connectivity index (χ0v) is 17.4. The Morgan fingerprint density at radius 3 is 2.35 bits per heavy atom. The van der Waals surface area contributed by atoms with Gasteiger partial charge in [-0.05, 0) is 35.4 Å². The van der Waals surface area contributed by atoms with E-state index >= 15 is 0 Å². The van der Waals surface area contributed by atoms with E-state index in [4.69, 9.17) is 4.74 Å². The van der Waals surface area contributed by atoms with Crippen LogP contribution in [0.1, 0.15) is 10.5 Å².